The third kappa shape index (κ3) is 4.05. The van der Waals surface area contributed by atoms with Crippen molar-refractivity contribution in [3.63, 3.8) is 0 Å². The van der Waals surface area contributed by atoms with Gasteiger partial charge in [-0.3, -0.25) is 4.68 Å². The van der Waals surface area contributed by atoms with Crippen LogP contribution in [0.3, 0.4) is 0 Å². The van der Waals surface area contributed by atoms with Crippen molar-refractivity contribution in [2.45, 2.75) is 6.61 Å². The Bertz CT molecular complexity index is 903. The maximum absolute atomic E-state index is 14.3. The molecule has 0 aliphatic heterocycles. The quantitative estimate of drug-likeness (QED) is 0.678. The van der Waals surface area contributed by atoms with Crippen LogP contribution < -0.4 is 19.5 Å². The van der Waals surface area contributed by atoms with Gasteiger partial charge in [-0.05, 0) is 0 Å². The van der Waals surface area contributed by atoms with Crippen molar-refractivity contribution in [2.24, 2.45) is 7.05 Å². The fourth-order valence-electron chi connectivity index (χ4n) is 2.29. The molecule has 0 atom stereocenters. The number of hydrogen-bond donors (Lipinski definition) is 1. The lowest BCUT2D eigenvalue weighted by Gasteiger charge is -2.13. The fraction of sp³-hybridized carbons (Fsp3) is 0.235. The Labute approximate surface area is 153 Å². The van der Waals surface area contributed by atoms with Gasteiger partial charge < -0.3 is 19.5 Å². The molecule has 0 fully saturated rings. The van der Waals surface area contributed by atoms with Gasteiger partial charge >= 0.3 is 0 Å². The Hall–Kier alpha value is -3.43. The summed E-state index contributed by atoms with van der Waals surface area (Å²) in [5.74, 6) is -1.42. The number of aryl methyl sites for hydroxylation is 1. The zero-order chi connectivity index (χ0) is 19.4. The van der Waals surface area contributed by atoms with Gasteiger partial charge in [0.05, 0.1) is 44.1 Å². The van der Waals surface area contributed by atoms with E-state index in [-0.39, 0.29) is 29.4 Å². The molecule has 1 aromatic carbocycles. The number of rotatable bonds is 7. The molecule has 2 heterocycles. The maximum atomic E-state index is 14.3. The van der Waals surface area contributed by atoms with Gasteiger partial charge in [-0.25, -0.2) is 18.7 Å². The highest BCUT2D eigenvalue weighted by molar-refractivity contribution is 5.50. The molecule has 8 nitrogen and oxygen atoms in total. The van der Waals surface area contributed by atoms with Crippen LogP contribution in [0, 0.1) is 11.6 Å². The highest BCUT2D eigenvalue weighted by Crippen LogP contribution is 2.31. The second-order valence-corrected chi connectivity index (χ2v) is 5.45. The highest BCUT2D eigenvalue weighted by atomic mass is 19.1. The largest absolute Gasteiger partial charge is 0.494 e. The standard InChI is InChI=1S/C17H17F2N5O3/c1-24-8-10(5-22-24)23-17-20-6-11(7-21-17)27-9-12-15(18)13(25-2)4-14(26-3)16(12)19/h4-8H,9H2,1-3H3,(H,20,21,23). The van der Waals surface area contributed by atoms with Gasteiger partial charge in [-0.15, -0.1) is 0 Å². The van der Waals surface area contributed by atoms with Crippen molar-refractivity contribution in [3.8, 4) is 17.2 Å². The molecular formula is C17H17F2N5O3. The minimum atomic E-state index is -0.855. The zero-order valence-electron chi connectivity index (χ0n) is 14.9. The first kappa shape index (κ1) is 18.4. The predicted octanol–water partition coefficient (Wildman–Crippen LogP) is 2.83. The summed E-state index contributed by atoms with van der Waals surface area (Å²) in [4.78, 5) is 8.17. The molecule has 1 N–H and O–H groups in total. The number of aromatic nitrogens is 4. The molecule has 0 aliphatic carbocycles. The summed E-state index contributed by atoms with van der Waals surface area (Å²) in [6.07, 6.45) is 6.16. The Kier molecular flexibility index (Phi) is 5.34. The molecule has 27 heavy (non-hydrogen) atoms. The third-order valence-corrected chi connectivity index (χ3v) is 3.64. The zero-order valence-corrected chi connectivity index (χ0v) is 14.9. The van der Waals surface area contributed by atoms with Crippen LogP contribution in [-0.2, 0) is 13.7 Å². The first-order chi connectivity index (χ1) is 13.0. The van der Waals surface area contributed by atoms with Crippen LogP contribution in [0.2, 0.25) is 0 Å². The molecule has 0 unspecified atom stereocenters. The van der Waals surface area contributed by atoms with Crippen LogP contribution in [0.5, 0.6) is 17.2 Å². The third-order valence-electron chi connectivity index (χ3n) is 3.64. The van der Waals surface area contributed by atoms with E-state index < -0.39 is 11.6 Å². The lowest BCUT2D eigenvalue weighted by Crippen LogP contribution is -2.06. The number of hydrogen-bond acceptors (Lipinski definition) is 7. The average Bonchev–Trinajstić information content (AvgIpc) is 3.08. The maximum Gasteiger partial charge on any atom is 0.227 e. The molecule has 3 aromatic rings. The smallest absolute Gasteiger partial charge is 0.227 e. The summed E-state index contributed by atoms with van der Waals surface area (Å²) in [7, 11) is 4.35. The SMILES string of the molecule is COc1cc(OC)c(F)c(COc2cnc(Nc3cnn(C)c3)nc2)c1F. The van der Waals surface area contributed by atoms with Crippen molar-refractivity contribution in [1.82, 2.24) is 19.7 Å². The van der Waals surface area contributed by atoms with Crippen LogP contribution in [0.4, 0.5) is 20.4 Å². The summed E-state index contributed by atoms with van der Waals surface area (Å²) in [6, 6.07) is 1.14. The van der Waals surface area contributed by atoms with Crippen LogP contribution >= 0.6 is 0 Å². The normalized spacial score (nSPS) is 10.6. The van der Waals surface area contributed by atoms with E-state index in [9.17, 15) is 8.78 Å². The number of benzene rings is 1. The first-order valence-electron chi connectivity index (χ1n) is 7.81. The van der Waals surface area contributed by atoms with Crippen molar-refractivity contribution in [2.75, 3.05) is 19.5 Å². The van der Waals surface area contributed by atoms with Gasteiger partial charge in [0.2, 0.25) is 5.95 Å². The molecule has 2 aromatic heterocycles. The van der Waals surface area contributed by atoms with Gasteiger partial charge in [0, 0.05) is 19.3 Å². The lowest BCUT2D eigenvalue weighted by molar-refractivity contribution is 0.280. The van der Waals surface area contributed by atoms with Crippen LogP contribution in [-0.4, -0.2) is 34.0 Å². The van der Waals surface area contributed by atoms with Crippen molar-refractivity contribution >= 4 is 11.6 Å². The Morgan fingerprint density at radius 3 is 2.19 bits per heavy atom. The molecule has 0 saturated heterocycles. The van der Waals surface area contributed by atoms with E-state index in [1.54, 1.807) is 24.1 Å². The number of methoxy groups -OCH3 is 2. The van der Waals surface area contributed by atoms with Crippen molar-refractivity contribution in [3.05, 3.63) is 48.1 Å². The molecule has 3 rings (SSSR count). The van der Waals surface area contributed by atoms with Gasteiger partial charge in [0.1, 0.15) is 6.61 Å². The van der Waals surface area contributed by atoms with E-state index in [1.807, 2.05) is 0 Å². The van der Waals surface area contributed by atoms with Crippen molar-refractivity contribution < 1.29 is 23.0 Å². The number of nitrogens with one attached hydrogen (secondary N) is 1. The Morgan fingerprint density at radius 1 is 1.04 bits per heavy atom. The van der Waals surface area contributed by atoms with Gasteiger partial charge in [0.15, 0.2) is 28.9 Å². The van der Waals surface area contributed by atoms with E-state index in [0.29, 0.717) is 5.95 Å². The number of ether oxygens (including phenoxy) is 3. The molecule has 0 radical (unpaired) electrons. The summed E-state index contributed by atoms with van der Waals surface area (Å²) in [5, 5.41) is 6.98. The molecule has 0 bridgehead atoms. The molecular weight excluding hydrogens is 360 g/mol. The van der Waals surface area contributed by atoms with E-state index in [1.165, 1.54) is 26.6 Å². The molecule has 0 spiro atoms. The van der Waals surface area contributed by atoms with Crippen LogP contribution in [0.15, 0.2) is 30.9 Å². The molecule has 0 aliphatic rings. The van der Waals surface area contributed by atoms with E-state index in [0.717, 1.165) is 11.8 Å². The number of halogens is 2. The van der Waals surface area contributed by atoms with E-state index >= 15 is 0 Å². The molecule has 10 heteroatoms. The lowest BCUT2D eigenvalue weighted by atomic mass is 10.1. The summed E-state index contributed by atoms with van der Waals surface area (Å²) in [5.41, 5.74) is 0.405. The number of nitrogens with zero attached hydrogens (tertiary/aromatic N) is 4. The second kappa shape index (κ2) is 7.85. The first-order valence-corrected chi connectivity index (χ1v) is 7.81. The second-order valence-electron chi connectivity index (χ2n) is 5.45. The van der Waals surface area contributed by atoms with E-state index in [4.69, 9.17) is 14.2 Å². The van der Waals surface area contributed by atoms with E-state index in [2.05, 4.69) is 20.4 Å². The van der Waals surface area contributed by atoms with Crippen molar-refractivity contribution in [1.29, 1.82) is 0 Å². The molecule has 0 amide bonds. The Morgan fingerprint density at radius 2 is 1.67 bits per heavy atom. The van der Waals surface area contributed by atoms with Gasteiger partial charge in [0.25, 0.3) is 0 Å². The van der Waals surface area contributed by atoms with Crippen LogP contribution in [0.25, 0.3) is 0 Å². The monoisotopic (exact) mass is 377 g/mol. The van der Waals surface area contributed by atoms with Crippen LogP contribution in [0.1, 0.15) is 5.56 Å². The Balaban J connectivity index is 1.71. The summed E-state index contributed by atoms with van der Waals surface area (Å²) >= 11 is 0. The minimum Gasteiger partial charge on any atom is -0.494 e. The minimum absolute atomic E-state index is 0.140. The topological polar surface area (TPSA) is 83.3 Å². The predicted molar refractivity (Wildman–Crippen MR) is 92.3 cm³/mol. The van der Waals surface area contributed by atoms with Gasteiger partial charge in [-0.1, -0.05) is 0 Å². The fourth-order valence-corrected chi connectivity index (χ4v) is 2.29. The molecule has 0 saturated carbocycles. The highest BCUT2D eigenvalue weighted by Gasteiger charge is 2.20. The summed E-state index contributed by atoms with van der Waals surface area (Å²) < 4.78 is 45.4. The van der Waals surface area contributed by atoms with Gasteiger partial charge in [-0.2, -0.15) is 5.10 Å². The summed E-state index contributed by atoms with van der Waals surface area (Å²) in [6.45, 7) is -0.385. The number of anilines is 2. The average molecular weight is 377 g/mol. The molecule has 142 valence electrons.